The van der Waals surface area contributed by atoms with Crippen LogP contribution in [-0.4, -0.2) is 29.3 Å². The van der Waals surface area contributed by atoms with Gasteiger partial charge in [0.1, 0.15) is 0 Å². The van der Waals surface area contributed by atoms with Gasteiger partial charge in [0.25, 0.3) is 0 Å². The fourth-order valence-corrected chi connectivity index (χ4v) is 3.77. The first-order valence-corrected chi connectivity index (χ1v) is 10.7. The summed E-state index contributed by atoms with van der Waals surface area (Å²) >= 11 is 0. The van der Waals surface area contributed by atoms with Gasteiger partial charge in [-0.1, -0.05) is 36.4 Å². The summed E-state index contributed by atoms with van der Waals surface area (Å²) in [6.45, 7) is 1.95. The van der Waals surface area contributed by atoms with E-state index in [9.17, 15) is 8.42 Å². The summed E-state index contributed by atoms with van der Waals surface area (Å²) in [5.41, 5.74) is 11.2. The van der Waals surface area contributed by atoms with Crippen molar-refractivity contribution in [1.82, 2.24) is 14.6 Å². The number of benzene rings is 2. The molecule has 142 valence electrons. The predicted molar refractivity (Wildman–Crippen MR) is 110 cm³/mol. The minimum absolute atomic E-state index is 0.00831. The lowest BCUT2D eigenvalue weighted by atomic mass is 10.0. The van der Waals surface area contributed by atoms with Crippen LogP contribution in [0, 0.1) is 0 Å². The Kier molecular flexibility index (Phi) is 4.49. The summed E-state index contributed by atoms with van der Waals surface area (Å²) in [5.74, 6) is 0. The molecule has 0 fully saturated rings. The number of hydrogen-bond donors (Lipinski definition) is 1. The molecule has 28 heavy (non-hydrogen) atoms. The largest absolute Gasteiger partial charge is 0.324 e. The molecule has 1 atom stereocenters. The molecule has 2 aromatic heterocycles. The number of hydrogen-bond acceptors (Lipinski definition) is 5. The highest BCUT2D eigenvalue weighted by Crippen LogP contribution is 2.27. The van der Waals surface area contributed by atoms with Crippen LogP contribution in [0.1, 0.15) is 18.5 Å². The minimum Gasteiger partial charge on any atom is -0.324 e. The number of aromatic nitrogens is 3. The van der Waals surface area contributed by atoms with Gasteiger partial charge in [-0.2, -0.15) is 5.10 Å². The second-order valence-electron chi connectivity index (χ2n) is 6.88. The second kappa shape index (κ2) is 6.85. The van der Waals surface area contributed by atoms with Gasteiger partial charge < -0.3 is 5.73 Å². The molecule has 1 unspecified atom stereocenters. The first-order chi connectivity index (χ1) is 13.3. The van der Waals surface area contributed by atoms with Crippen LogP contribution in [0.25, 0.3) is 27.9 Å². The second-order valence-corrected chi connectivity index (χ2v) is 8.90. The van der Waals surface area contributed by atoms with Crippen molar-refractivity contribution >= 4 is 15.5 Å². The first kappa shape index (κ1) is 18.3. The average Bonchev–Trinajstić information content (AvgIpc) is 3.11. The van der Waals surface area contributed by atoms with Gasteiger partial charge in [0.05, 0.1) is 11.1 Å². The van der Waals surface area contributed by atoms with Gasteiger partial charge in [-0.05, 0) is 35.7 Å². The molecular weight excluding hydrogens is 372 g/mol. The summed E-state index contributed by atoms with van der Waals surface area (Å²) in [6, 6.07) is 14.9. The average molecular weight is 392 g/mol. The zero-order valence-electron chi connectivity index (χ0n) is 15.6. The molecule has 0 aliphatic rings. The van der Waals surface area contributed by atoms with Gasteiger partial charge in [-0.15, -0.1) is 0 Å². The molecule has 0 radical (unpaired) electrons. The summed E-state index contributed by atoms with van der Waals surface area (Å²) in [6.07, 6.45) is 6.60. The fraction of sp³-hybridized carbons (Fsp3) is 0.143. The van der Waals surface area contributed by atoms with Crippen molar-refractivity contribution in [2.75, 3.05) is 6.26 Å². The summed E-state index contributed by atoms with van der Waals surface area (Å²) in [5, 5.41) is 4.40. The number of rotatable bonds is 4. The third kappa shape index (κ3) is 3.42. The lowest BCUT2D eigenvalue weighted by molar-refractivity contribution is 0.602. The third-order valence-corrected chi connectivity index (χ3v) is 5.81. The van der Waals surface area contributed by atoms with Gasteiger partial charge in [-0.25, -0.2) is 17.9 Å². The van der Waals surface area contributed by atoms with Crippen molar-refractivity contribution in [2.24, 2.45) is 5.73 Å². The lowest BCUT2D eigenvalue weighted by Gasteiger charge is -2.07. The lowest BCUT2D eigenvalue weighted by Crippen LogP contribution is -2.04. The number of fused-ring (bicyclic) bond motifs is 1. The Morgan fingerprint density at radius 3 is 2.43 bits per heavy atom. The molecule has 4 aromatic rings. The van der Waals surface area contributed by atoms with Gasteiger partial charge >= 0.3 is 0 Å². The van der Waals surface area contributed by atoms with E-state index in [0.717, 1.165) is 27.8 Å². The predicted octanol–water partition coefficient (Wildman–Crippen LogP) is 3.49. The maximum absolute atomic E-state index is 11.8. The number of sulfone groups is 1. The maximum Gasteiger partial charge on any atom is 0.175 e. The van der Waals surface area contributed by atoms with E-state index in [-0.39, 0.29) is 10.9 Å². The van der Waals surface area contributed by atoms with Crippen LogP contribution in [0.5, 0.6) is 0 Å². The van der Waals surface area contributed by atoms with Crippen molar-refractivity contribution in [3.63, 3.8) is 0 Å². The molecule has 7 heteroatoms. The van der Waals surface area contributed by atoms with Crippen LogP contribution in [-0.2, 0) is 9.84 Å². The normalized spacial score (nSPS) is 13.0. The minimum atomic E-state index is -3.28. The highest BCUT2D eigenvalue weighted by molar-refractivity contribution is 7.90. The van der Waals surface area contributed by atoms with Gasteiger partial charge in [0.15, 0.2) is 15.5 Å². The summed E-state index contributed by atoms with van der Waals surface area (Å²) < 4.78 is 25.4. The Hall–Kier alpha value is -3.03. The Labute approximate surface area is 163 Å². The van der Waals surface area contributed by atoms with Crippen LogP contribution in [0.15, 0.2) is 72.0 Å². The number of nitrogens with zero attached hydrogens (tertiary/aromatic N) is 3. The zero-order chi connectivity index (χ0) is 19.9. The highest BCUT2D eigenvalue weighted by Gasteiger charge is 2.13. The molecule has 4 rings (SSSR count). The molecule has 0 saturated heterocycles. The molecule has 0 spiro atoms. The zero-order valence-corrected chi connectivity index (χ0v) is 16.4. The van der Waals surface area contributed by atoms with Crippen molar-refractivity contribution in [2.45, 2.75) is 17.9 Å². The van der Waals surface area contributed by atoms with Crippen LogP contribution in [0.4, 0.5) is 0 Å². The monoisotopic (exact) mass is 392 g/mol. The Balaban J connectivity index is 1.75. The van der Waals surface area contributed by atoms with E-state index in [1.807, 2.05) is 43.5 Å². The molecule has 0 amide bonds. The molecule has 0 saturated carbocycles. The smallest absolute Gasteiger partial charge is 0.175 e. The van der Waals surface area contributed by atoms with E-state index in [2.05, 4.69) is 10.1 Å². The Morgan fingerprint density at radius 2 is 1.75 bits per heavy atom. The molecule has 0 aliphatic carbocycles. The van der Waals surface area contributed by atoms with Crippen LogP contribution in [0.2, 0.25) is 0 Å². The van der Waals surface area contributed by atoms with E-state index in [4.69, 9.17) is 5.73 Å². The van der Waals surface area contributed by atoms with Crippen molar-refractivity contribution in [3.05, 3.63) is 72.7 Å². The topological polar surface area (TPSA) is 90.3 Å². The quantitative estimate of drug-likeness (QED) is 0.574. The van der Waals surface area contributed by atoms with Crippen molar-refractivity contribution in [1.29, 1.82) is 0 Å². The molecule has 2 heterocycles. The van der Waals surface area contributed by atoms with Crippen LogP contribution >= 0.6 is 0 Å². The molecule has 0 aliphatic heterocycles. The molecule has 2 aromatic carbocycles. The van der Waals surface area contributed by atoms with Gasteiger partial charge in [0.2, 0.25) is 0 Å². The summed E-state index contributed by atoms with van der Waals surface area (Å²) in [4.78, 5) is 4.84. The molecular formula is C21H20N4O2S. The van der Waals surface area contributed by atoms with Crippen molar-refractivity contribution in [3.8, 4) is 22.3 Å². The molecule has 2 N–H and O–H groups in total. The van der Waals surface area contributed by atoms with E-state index >= 15 is 0 Å². The molecule has 0 bridgehead atoms. The number of nitrogens with two attached hydrogens (primary N) is 1. The van der Waals surface area contributed by atoms with E-state index in [1.165, 1.54) is 6.26 Å². The van der Waals surface area contributed by atoms with Gasteiger partial charge in [0, 0.05) is 35.8 Å². The standard InChI is InChI=1S/C21H20N4O2S/c1-14(22)15-6-8-16(9-7-15)18-11-23-21-20(12-24-25(21)13-18)17-4-3-5-19(10-17)28(2,26)27/h3-14H,22H2,1-2H3. The third-order valence-electron chi connectivity index (χ3n) is 4.70. The fourth-order valence-electron chi connectivity index (χ4n) is 3.10. The molecule has 6 nitrogen and oxygen atoms in total. The van der Waals surface area contributed by atoms with E-state index in [1.54, 1.807) is 35.1 Å². The van der Waals surface area contributed by atoms with E-state index < -0.39 is 9.84 Å². The van der Waals surface area contributed by atoms with E-state index in [0.29, 0.717) is 5.65 Å². The van der Waals surface area contributed by atoms with Gasteiger partial charge in [-0.3, -0.25) is 0 Å². The SMILES string of the molecule is CC(N)c1ccc(-c2cnc3c(-c4cccc(S(C)(=O)=O)c4)cnn3c2)cc1. The van der Waals surface area contributed by atoms with Crippen LogP contribution < -0.4 is 5.73 Å². The van der Waals surface area contributed by atoms with Crippen molar-refractivity contribution < 1.29 is 8.42 Å². The summed E-state index contributed by atoms with van der Waals surface area (Å²) in [7, 11) is -3.28. The Bertz CT molecular complexity index is 1260. The Morgan fingerprint density at radius 1 is 1.00 bits per heavy atom. The highest BCUT2D eigenvalue weighted by atomic mass is 32.2. The van der Waals surface area contributed by atoms with Crippen LogP contribution in [0.3, 0.4) is 0 Å². The first-order valence-electron chi connectivity index (χ1n) is 8.83. The maximum atomic E-state index is 11.8.